The van der Waals surface area contributed by atoms with Crippen LogP contribution in [0.2, 0.25) is 0 Å². The Bertz CT molecular complexity index is 3270. The van der Waals surface area contributed by atoms with Crippen LogP contribution >= 0.6 is 0 Å². The Balaban J connectivity index is 1.12. The minimum atomic E-state index is 0.602. The van der Waals surface area contributed by atoms with Crippen LogP contribution in [0.1, 0.15) is 0 Å². The normalized spacial score (nSPS) is 11.5. The highest BCUT2D eigenvalue weighted by Crippen LogP contribution is 2.42. The monoisotopic (exact) mass is 727 g/mol. The third-order valence-electron chi connectivity index (χ3n) is 11.0. The average Bonchev–Trinajstić information content (AvgIpc) is 3.67. The van der Waals surface area contributed by atoms with Crippen LogP contribution in [-0.4, -0.2) is 15.0 Å². The van der Waals surface area contributed by atoms with Crippen molar-refractivity contribution in [2.24, 2.45) is 0 Å². The molecule has 0 amide bonds. The first kappa shape index (κ1) is 32.7. The van der Waals surface area contributed by atoms with E-state index in [2.05, 4.69) is 182 Å². The number of fused-ring (bicyclic) bond motifs is 6. The van der Waals surface area contributed by atoms with Gasteiger partial charge in [-0.05, 0) is 67.7 Å². The molecule has 11 rings (SSSR count). The van der Waals surface area contributed by atoms with E-state index < -0.39 is 0 Å². The minimum Gasteiger partial charge on any atom is -0.455 e. The zero-order valence-corrected chi connectivity index (χ0v) is 30.8. The molecule has 4 heteroatoms. The number of hydrogen-bond acceptors (Lipinski definition) is 4. The molecule has 266 valence electrons. The van der Waals surface area contributed by atoms with E-state index in [1.807, 2.05) is 18.2 Å². The van der Waals surface area contributed by atoms with Crippen molar-refractivity contribution < 1.29 is 4.42 Å². The lowest BCUT2D eigenvalue weighted by Gasteiger charge is -2.13. The molecule has 0 unspecified atom stereocenters. The van der Waals surface area contributed by atoms with E-state index >= 15 is 0 Å². The summed E-state index contributed by atoms with van der Waals surface area (Å²) in [6, 6.07) is 69.8. The third-order valence-corrected chi connectivity index (χ3v) is 11.0. The molecule has 0 aliphatic heterocycles. The van der Waals surface area contributed by atoms with Crippen molar-refractivity contribution in [3.8, 4) is 67.5 Å². The van der Waals surface area contributed by atoms with Crippen molar-refractivity contribution in [2.75, 3.05) is 0 Å². The van der Waals surface area contributed by atoms with E-state index in [4.69, 9.17) is 19.4 Å². The molecule has 4 nitrogen and oxygen atoms in total. The van der Waals surface area contributed by atoms with Crippen LogP contribution in [-0.2, 0) is 0 Å². The minimum absolute atomic E-state index is 0.602. The molecule has 2 heterocycles. The van der Waals surface area contributed by atoms with E-state index in [9.17, 15) is 0 Å². The molecule has 2 aromatic heterocycles. The zero-order valence-electron chi connectivity index (χ0n) is 30.8. The molecule has 0 N–H and O–H groups in total. The van der Waals surface area contributed by atoms with Crippen LogP contribution in [0, 0.1) is 0 Å². The first-order chi connectivity index (χ1) is 28.2. The second-order valence-electron chi connectivity index (χ2n) is 14.3. The molecule has 0 radical (unpaired) electrons. The Kier molecular flexibility index (Phi) is 7.78. The number of nitrogens with zero attached hydrogens (tertiary/aromatic N) is 3. The molecular formula is C53H33N3O. The largest absolute Gasteiger partial charge is 0.455 e. The van der Waals surface area contributed by atoms with Crippen molar-refractivity contribution in [2.45, 2.75) is 0 Å². The van der Waals surface area contributed by atoms with Crippen molar-refractivity contribution in [3.63, 3.8) is 0 Å². The van der Waals surface area contributed by atoms with E-state index in [1.54, 1.807) is 0 Å². The predicted molar refractivity (Wildman–Crippen MR) is 235 cm³/mol. The summed E-state index contributed by atoms with van der Waals surface area (Å²) < 4.78 is 6.78. The fourth-order valence-corrected chi connectivity index (χ4v) is 8.16. The van der Waals surface area contributed by atoms with Gasteiger partial charge < -0.3 is 4.42 Å². The summed E-state index contributed by atoms with van der Waals surface area (Å²) in [5, 5.41) is 6.51. The summed E-state index contributed by atoms with van der Waals surface area (Å²) in [6.45, 7) is 0. The Hall–Kier alpha value is -7.69. The lowest BCUT2D eigenvalue weighted by Crippen LogP contribution is -2.01. The zero-order chi connectivity index (χ0) is 37.7. The molecule has 11 aromatic rings. The molecule has 0 atom stereocenters. The van der Waals surface area contributed by atoms with E-state index in [0.717, 1.165) is 77.2 Å². The summed E-state index contributed by atoms with van der Waals surface area (Å²) in [5.41, 5.74) is 11.2. The molecule has 9 aromatic carbocycles. The van der Waals surface area contributed by atoms with Crippen LogP contribution in [0.3, 0.4) is 0 Å². The maximum Gasteiger partial charge on any atom is 0.164 e. The smallest absolute Gasteiger partial charge is 0.164 e. The number of aromatic nitrogens is 3. The van der Waals surface area contributed by atoms with Gasteiger partial charge >= 0.3 is 0 Å². The highest BCUT2D eigenvalue weighted by atomic mass is 16.3. The van der Waals surface area contributed by atoms with Gasteiger partial charge in [-0.25, -0.2) is 15.0 Å². The molecule has 0 bridgehead atoms. The van der Waals surface area contributed by atoms with Crippen LogP contribution in [0.4, 0.5) is 0 Å². The highest BCUT2D eigenvalue weighted by molar-refractivity contribution is 6.19. The second-order valence-corrected chi connectivity index (χ2v) is 14.3. The predicted octanol–water partition coefficient (Wildman–Crippen LogP) is 14.1. The van der Waals surface area contributed by atoms with Gasteiger partial charge in [0.25, 0.3) is 0 Å². The van der Waals surface area contributed by atoms with Gasteiger partial charge in [0.05, 0.1) is 0 Å². The van der Waals surface area contributed by atoms with Crippen molar-refractivity contribution in [1.29, 1.82) is 0 Å². The number of furan rings is 1. The molecule has 0 saturated heterocycles. The molecule has 57 heavy (non-hydrogen) atoms. The summed E-state index contributed by atoms with van der Waals surface area (Å²) in [4.78, 5) is 15.7. The molecular weight excluding hydrogens is 695 g/mol. The van der Waals surface area contributed by atoms with Gasteiger partial charge in [-0.3, -0.25) is 0 Å². The van der Waals surface area contributed by atoms with Crippen LogP contribution < -0.4 is 0 Å². The van der Waals surface area contributed by atoms with Crippen LogP contribution in [0.15, 0.2) is 205 Å². The standard InChI is InChI=1S/C53H33N3O/c1-3-14-34(15-4-1)35-26-28-38(29-27-35)51-54-52(46-24-12-9-21-41(46)36-16-5-2-6-17-36)56-53(55-51)48-33-47-44-31-30-39(42-25-13-19-37-18-7-8-20-40(37)42)32-49(44)57-50(47)45-23-11-10-22-43(45)48/h1-33H. The first-order valence-electron chi connectivity index (χ1n) is 19.2. The fourth-order valence-electron chi connectivity index (χ4n) is 8.16. The van der Waals surface area contributed by atoms with Crippen molar-refractivity contribution >= 4 is 43.5 Å². The van der Waals surface area contributed by atoms with Gasteiger partial charge in [0, 0.05) is 32.8 Å². The topological polar surface area (TPSA) is 51.8 Å². The lowest BCUT2D eigenvalue weighted by molar-refractivity contribution is 0.673. The maximum atomic E-state index is 6.78. The number of benzene rings is 9. The van der Waals surface area contributed by atoms with Gasteiger partial charge in [0.15, 0.2) is 17.5 Å². The highest BCUT2D eigenvalue weighted by Gasteiger charge is 2.20. The Morgan fingerprint density at radius 2 is 0.825 bits per heavy atom. The SMILES string of the molecule is c1ccc(-c2ccc(-c3nc(-c4ccccc4-c4ccccc4)nc(-c4cc5c6ccc(-c7cccc8ccccc78)cc6oc5c5ccccc45)n3)cc2)cc1. The van der Waals surface area contributed by atoms with E-state index in [-0.39, 0.29) is 0 Å². The van der Waals surface area contributed by atoms with Gasteiger partial charge in [0.2, 0.25) is 0 Å². The average molecular weight is 728 g/mol. The second kappa shape index (κ2) is 13.6. The van der Waals surface area contributed by atoms with Crippen molar-refractivity contribution in [1.82, 2.24) is 15.0 Å². The van der Waals surface area contributed by atoms with Gasteiger partial charge in [-0.15, -0.1) is 0 Å². The third kappa shape index (κ3) is 5.74. The summed E-state index contributed by atoms with van der Waals surface area (Å²) >= 11 is 0. The van der Waals surface area contributed by atoms with Gasteiger partial charge in [0.1, 0.15) is 11.2 Å². The molecule has 0 fully saturated rings. The lowest BCUT2D eigenvalue weighted by atomic mass is 9.96. The number of hydrogen-bond donors (Lipinski definition) is 0. The van der Waals surface area contributed by atoms with Gasteiger partial charge in [-0.1, -0.05) is 182 Å². The van der Waals surface area contributed by atoms with E-state index in [1.165, 1.54) is 16.3 Å². The number of rotatable bonds is 6. The summed E-state index contributed by atoms with van der Waals surface area (Å²) in [5.74, 6) is 1.82. The quantitative estimate of drug-likeness (QED) is 0.171. The summed E-state index contributed by atoms with van der Waals surface area (Å²) in [6.07, 6.45) is 0. The molecule has 0 spiro atoms. The Morgan fingerprint density at radius 1 is 0.281 bits per heavy atom. The van der Waals surface area contributed by atoms with E-state index in [0.29, 0.717) is 17.5 Å². The maximum absolute atomic E-state index is 6.78. The Morgan fingerprint density at radius 3 is 1.61 bits per heavy atom. The first-order valence-corrected chi connectivity index (χ1v) is 19.2. The Labute approximate surface area is 329 Å². The van der Waals surface area contributed by atoms with Gasteiger partial charge in [-0.2, -0.15) is 0 Å². The van der Waals surface area contributed by atoms with Crippen LogP contribution in [0.5, 0.6) is 0 Å². The molecule has 0 aliphatic rings. The van der Waals surface area contributed by atoms with Crippen LogP contribution in [0.25, 0.3) is 111 Å². The summed E-state index contributed by atoms with van der Waals surface area (Å²) in [7, 11) is 0. The molecule has 0 aliphatic carbocycles. The van der Waals surface area contributed by atoms with Crippen molar-refractivity contribution in [3.05, 3.63) is 200 Å². The fraction of sp³-hybridized carbons (Fsp3) is 0. The molecule has 0 saturated carbocycles.